The zero-order valence-corrected chi connectivity index (χ0v) is 13.2. The Morgan fingerprint density at radius 3 is 2.20 bits per heavy atom. The Kier molecular flexibility index (Phi) is 3.92. The molecule has 1 aliphatic rings. The average Bonchev–Trinajstić information content (AvgIpc) is 2.64. The maximum absolute atomic E-state index is 12.2. The van der Waals surface area contributed by atoms with Gasteiger partial charge in [-0.2, -0.15) is 0 Å². The van der Waals surface area contributed by atoms with Crippen molar-refractivity contribution in [3.05, 3.63) is 35.4 Å². The summed E-state index contributed by atoms with van der Waals surface area (Å²) in [6.45, 7) is 10.6. The quantitative estimate of drug-likeness (QED) is 0.900. The maximum atomic E-state index is 12.2. The lowest BCUT2D eigenvalue weighted by Crippen LogP contribution is -2.45. The summed E-state index contributed by atoms with van der Waals surface area (Å²) >= 11 is 0. The molecule has 0 saturated carbocycles. The normalized spacial score (nSPS) is 23.8. The van der Waals surface area contributed by atoms with Gasteiger partial charge in [0.1, 0.15) is 0 Å². The number of carbonyl (C=O) groups excluding carboxylic acids is 1. The Hall–Kier alpha value is -1.35. The minimum Gasteiger partial charge on any atom is -0.329 e. The van der Waals surface area contributed by atoms with Crippen molar-refractivity contribution in [3.63, 3.8) is 0 Å². The number of nitrogens with two attached hydrogens (primary N) is 1. The fraction of sp³-hybridized carbons (Fsp3) is 0.588. The molecule has 0 spiro atoms. The van der Waals surface area contributed by atoms with E-state index in [9.17, 15) is 4.79 Å². The van der Waals surface area contributed by atoms with Crippen LogP contribution in [-0.2, 0) is 4.79 Å². The van der Waals surface area contributed by atoms with E-state index in [1.807, 2.05) is 4.90 Å². The molecule has 1 aliphatic heterocycles. The Morgan fingerprint density at radius 1 is 1.20 bits per heavy atom. The van der Waals surface area contributed by atoms with Gasteiger partial charge in [0.2, 0.25) is 5.91 Å². The molecule has 1 fully saturated rings. The SMILES string of the molecule is CC(C)c1ccc(C2C(N)CC(=O)N2C(C)(C)C)cc1. The lowest BCUT2D eigenvalue weighted by molar-refractivity contribution is -0.133. The summed E-state index contributed by atoms with van der Waals surface area (Å²) in [4.78, 5) is 14.2. The third-order valence-corrected chi connectivity index (χ3v) is 4.03. The lowest BCUT2D eigenvalue weighted by atomic mass is 9.94. The molecular weight excluding hydrogens is 248 g/mol. The number of rotatable bonds is 2. The first-order valence-electron chi connectivity index (χ1n) is 7.39. The van der Waals surface area contributed by atoms with E-state index in [-0.39, 0.29) is 23.5 Å². The summed E-state index contributed by atoms with van der Waals surface area (Å²) in [5.74, 6) is 0.671. The van der Waals surface area contributed by atoms with Gasteiger partial charge in [0.05, 0.1) is 6.04 Å². The minimum atomic E-state index is -0.202. The monoisotopic (exact) mass is 274 g/mol. The molecular formula is C17H26N2O. The van der Waals surface area contributed by atoms with E-state index in [2.05, 4.69) is 58.9 Å². The summed E-state index contributed by atoms with van der Waals surface area (Å²) in [7, 11) is 0. The number of hydrogen-bond donors (Lipinski definition) is 1. The van der Waals surface area contributed by atoms with Crippen molar-refractivity contribution in [1.82, 2.24) is 4.90 Å². The molecule has 1 aromatic rings. The molecule has 1 saturated heterocycles. The molecule has 2 N–H and O–H groups in total. The van der Waals surface area contributed by atoms with Crippen LogP contribution >= 0.6 is 0 Å². The molecule has 0 aromatic heterocycles. The molecule has 0 radical (unpaired) electrons. The molecule has 3 heteroatoms. The van der Waals surface area contributed by atoms with Crippen molar-refractivity contribution < 1.29 is 4.79 Å². The van der Waals surface area contributed by atoms with Crippen LogP contribution in [-0.4, -0.2) is 22.4 Å². The summed E-state index contributed by atoms with van der Waals surface area (Å²) in [6.07, 6.45) is 0.438. The van der Waals surface area contributed by atoms with Crippen molar-refractivity contribution in [2.24, 2.45) is 5.73 Å². The highest BCUT2D eigenvalue weighted by molar-refractivity contribution is 5.81. The van der Waals surface area contributed by atoms with E-state index < -0.39 is 0 Å². The van der Waals surface area contributed by atoms with Crippen molar-refractivity contribution in [3.8, 4) is 0 Å². The maximum Gasteiger partial charge on any atom is 0.225 e. The van der Waals surface area contributed by atoms with Gasteiger partial charge in [-0.1, -0.05) is 38.1 Å². The van der Waals surface area contributed by atoms with Gasteiger partial charge in [-0.05, 0) is 37.8 Å². The van der Waals surface area contributed by atoms with Crippen LogP contribution in [0.3, 0.4) is 0 Å². The van der Waals surface area contributed by atoms with Crippen LogP contribution in [0, 0.1) is 0 Å². The smallest absolute Gasteiger partial charge is 0.225 e. The van der Waals surface area contributed by atoms with E-state index in [1.54, 1.807) is 0 Å². The molecule has 1 aromatic carbocycles. The topological polar surface area (TPSA) is 46.3 Å². The number of carbonyl (C=O) groups is 1. The van der Waals surface area contributed by atoms with Gasteiger partial charge in [-0.25, -0.2) is 0 Å². The van der Waals surface area contributed by atoms with Gasteiger partial charge in [0.25, 0.3) is 0 Å². The molecule has 20 heavy (non-hydrogen) atoms. The summed E-state index contributed by atoms with van der Waals surface area (Å²) in [6, 6.07) is 8.41. The molecule has 1 heterocycles. The molecule has 0 aliphatic carbocycles. The van der Waals surface area contributed by atoms with Crippen molar-refractivity contribution in [1.29, 1.82) is 0 Å². The van der Waals surface area contributed by atoms with Gasteiger partial charge in [0.15, 0.2) is 0 Å². The predicted molar refractivity (Wildman–Crippen MR) is 82.5 cm³/mol. The molecule has 110 valence electrons. The van der Waals surface area contributed by atoms with Crippen LogP contribution in [0.15, 0.2) is 24.3 Å². The Morgan fingerprint density at radius 2 is 1.75 bits per heavy atom. The van der Waals surface area contributed by atoms with Crippen LogP contribution in [0.4, 0.5) is 0 Å². The standard InChI is InChI=1S/C17H26N2O/c1-11(2)12-6-8-13(9-7-12)16-14(18)10-15(20)19(16)17(3,4)5/h6-9,11,14,16H,10,18H2,1-5H3. The van der Waals surface area contributed by atoms with Crippen molar-refractivity contribution >= 4 is 5.91 Å². The summed E-state index contributed by atoms with van der Waals surface area (Å²) < 4.78 is 0. The first-order valence-corrected chi connectivity index (χ1v) is 7.39. The van der Waals surface area contributed by atoms with Crippen LogP contribution in [0.25, 0.3) is 0 Å². The molecule has 3 nitrogen and oxygen atoms in total. The largest absolute Gasteiger partial charge is 0.329 e. The second kappa shape index (κ2) is 5.21. The van der Waals surface area contributed by atoms with E-state index >= 15 is 0 Å². The molecule has 2 rings (SSSR count). The number of likely N-dealkylation sites (tertiary alicyclic amines) is 1. The second-order valence-electron chi connectivity index (χ2n) is 7.07. The van der Waals surface area contributed by atoms with Gasteiger partial charge in [-0.3, -0.25) is 4.79 Å². The van der Waals surface area contributed by atoms with Gasteiger partial charge < -0.3 is 10.6 Å². The van der Waals surface area contributed by atoms with Crippen LogP contribution < -0.4 is 5.73 Å². The highest BCUT2D eigenvalue weighted by Gasteiger charge is 2.43. The molecule has 0 bridgehead atoms. The predicted octanol–water partition coefficient (Wildman–Crippen LogP) is 3.21. The van der Waals surface area contributed by atoms with Gasteiger partial charge >= 0.3 is 0 Å². The number of nitrogens with zero attached hydrogens (tertiary/aromatic N) is 1. The van der Waals surface area contributed by atoms with Crippen LogP contribution in [0.1, 0.15) is 64.1 Å². The minimum absolute atomic E-state index is 0.0105. The lowest BCUT2D eigenvalue weighted by Gasteiger charge is -2.38. The summed E-state index contributed by atoms with van der Waals surface area (Å²) in [5, 5.41) is 0. The van der Waals surface area contributed by atoms with Gasteiger partial charge in [-0.15, -0.1) is 0 Å². The van der Waals surface area contributed by atoms with Crippen LogP contribution in [0.2, 0.25) is 0 Å². The Balaban J connectivity index is 2.36. The first kappa shape index (κ1) is 15.0. The Bertz CT molecular complexity index is 485. The number of hydrogen-bond acceptors (Lipinski definition) is 2. The van der Waals surface area contributed by atoms with Gasteiger partial charge in [0, 0.05) is 18.0 Å². The summed E-state index contributed by atoms with van der Waals surface area (Å²) in [5.41, 5.74) is 8.48. The average molecular weight is 274 g/mol. The van der Waals surface area contributed by atoms with E-state index in [4.69, 9.17) is 5.73 Å². The van der Waals surface area contributed by atoms with Crippen molar-refractivity contribution in [2.75, 3.05) is 0 Å². The zero-order valence-electron chi connectivity index (χ0n) is 13.2. The Labute approximate surface area is 122 Å². The third-order valence-electron chi connectivity index (χ3n) is 4.03. The fourth-order valence-electron chi connectivity index (χ4n) is 3.02. The van der Waals surface area contributed by atoms with E-state index in [1.165, 1.54) is 5.56 Å². The highest BCUT2D eigenvalue weighted by Crippen LogP contribution is 2.37. The number of amides is 1. The number of benzene rings is 1. The zero-order chi connectivity index (χ0) is 15.1. The second-order valence-corrected chi connectivity index (χ2v) is 7.07. The van der Waals surface area contributed by atoms with E-state index in [0.29, 0.717) is 12.3 Å². The molecule has 1 amide bonds. The van der Waals surface area contributed by atoms with Crippen molar-refractivity contribution in [2.45, 2.75) is 64.6 Å². The first-order chi connectivity index (χ1) is 9.21. The highest BCUT2D eigenvalue weighted by atomic mass is 16.2. The third kappa shape index (κ3) is 2.73. The fourth-order valence-corrected chi connectivity index (χ4v) is 3.02. The molecule has 2 atom stereocenters. The van der Waals surface area contributed by atoms with Crippen LogP contribution in [0.5, 0.6) is 0 Å². The molecule has 2 unspecified atom stereocenters. The van der Waals surface area contributed by atoms with E-state index in [0.717, 1.165) is 5.56 Å².